The van der Waals surface area contributed by atoms with Crippen LogP contribution in [0, 0.1) is 5.92 Å². The number of likely N-dealkylation sites (N-methyl/N-ethyl adjacent to an activating group) is 1. The summed E-state index contributed by atoms with van der Waals surface area (Å²) >= 11 is 0. The number of sulfonamides is 1. The van der Waals surface area contributed by atoms with Gasteiger partial charge in [0.1, 0.15) is 6.54 Å². The zero-order valence-corrected chi connectivity index (χ0v) is 17.5. The predicted molar refractivity (Wildman–Crippen MR) is 104 cm³/mol. The van der Waals surface area contributed by atoms with E-state index in [1.807, 2.05) is 13.8 Å². The fraction of sp³-hybridized carbons (Fsp3) is 0.500. The third-order valence-electron chi connectivity index (χ3n) is 3.60. The Morgan fingerprint density at radius 2 is 1.68 bits per heavy atom. The second-order valence-electron chi connectivity index (χ2n) is 6.74. The van der Waals surface area contributed by atoms with Gasteiger partial charge in [-0.15, -0.1) is 0 Å². The highest BCUT2D eigenvalue weighted by Crippen LogP contribution is 2.17. The van der Waals surface area contributed by atoms with Crippen molar-refractivity contribution in [3.05, 3.63) is 24.3 Å². The highest BCUT2D eigenvalue weighted by atomic mass is 32.2. The smallest absolute Gasteiger partial charge is 0.322 e. The highest BCUT2D eigenvalue weighted by Gasteiger charge is 2.25. The first-order valence-corrected chi connectivity index (χ1v) is 10.2. The van der Waals surface area contributed by atoms with E-state index in [1.54, 1.807) is 0 Å². The van der Waals surface area contributed by atoms with Gasteiger partial charge in [0.05, 0.1) is 4.90 Å². The molecule has 2 amide bonds. The van der Waals surface area contributed by atoms with Crippen molar-refractivity contribution in [2.24, 2.45) is 5.92 Å². The number of carbonyl (C=O) groups is 3. The first-order valence-electron chi connectivity index (χ1n) is 8.74. The minimum Gasteiger partial charge on any atom is -0.452 e. The van der Waals surface area contributed by atoms with Crippen LogP contribution in [0.25, 0.3) is 0 Å². The first-order chi connectivity index (χ1) is 12.9. The summed E-state index contributed by atoms with van der Waals surface area (Å²) in [5, 5.41) is 5.17. The molecule has 0 saturated carbocycles. The maximum absolute atomic E-state index is 12.5. The molecule has 0 saturated heterocycles. The largest absolute Gasteiger partial charge is 0.452 e. The number of esters is 1. The van der Waals surface area contributed by atoms with E-state index in [2.05, 4.69) is 10.6 Å². The molecule has 0 aromatic heterocycles. The van der Waals surface area contributed by atoms with Crippen molar-refractivity contribution < 1.29 is 27.5 Å². The van der Waals surface area contributed by atoms with Gasteiger partial charge < -0.3 is 15.4 Å². The van der Waals surface area contributed by atoms with Gasteiger partial charge in [-0.2, -0.15) is 4.31 Å². The van der Waals surface area contributed by atoms with Crippen molar-refractivity contribution in [1.29, 1.82) is 0 Å². The Balaban J connectivity index is 2.69. The van der Waals surface area contributed by atoms with Crippen LogP contribution in [0.15, 0.2) is 29.2 Å². The molecule has 9 nitrogen and oxygen atoms in total. The molecule has 0 aliphatic rings. The van der Waals surface area contributed by atoms with Crippen molar-refractivity contribution in [3.63, 3.8) is 0 Å². The van der Waals surface area contributed by atoms with E-state index >= 15 is 0 Å². The molecule has 0 bridgehead atoms. The summed E-state index contributed by atoms with van der Waals surface area (Å²) in [6.07, 6.45) is -1.03. The fourth-order valence-corrected chi connectivity index (χ4v) is 3.21. The van der Waals surface area contributed by atoms with E-state index in [4.69, 9.17) is 4.74 Å². The molecule has 0 aliphatic carbocycles. The van der Waals surface area contributed by atoms with Gasteiger partial charge >= 0.3 is 5.97 Å². The van der Waals surface area contributed by atoms with E-state index in [1.165, 1.54) is 45.2 Å². The summed E-state index contributed by atoms with van der Waals surface area (Å²) in [7, 11) is -2.70. The zero-order valence-electron chi connectivity index (χ0n) is 16.7. The van der Waals surface area contributed by atoms with Gasteiger partial charge in [0.2, 0.25) is 15.9 Å². The first kappa shape index (κ1) is 23.6. The number of anilines is 1. The summed E-state index contributed by atoms with van der Waals surface area (Å²) in [6, 6.07) is 5.54. The van der Waals surface area contributed by atoms with E-state index < -0.39 is 34.5 Å². The molecule has 0 unspecified atom stereocenters. The van der Waals surface area contributed by atoms with Crippen LogP contribution in [0.1, 0.15) is 27.7 Å². The normalized spacial score (nSPS) is 12.5. The molecule has 0 spiro atoms. The van der Waals surface area contributed by atoms with Crippen molar-refractivity contribution in [1.82, 2.24) is 9.62 Å². The number of nitrogens with one attached hydrogen (secondary N) is 2. The molecule has 1 aromatic carbocycles. The monoisotopic (exact) mass is 413 g/mol. The van der Waals surface area contributed by atoms with Crippen molar-refractivity contribution in [3.8, 4) is 0 Å². The lowest BCUT2D eigenvalue weighted by Crippen LogP contribution is -2.40. The molecule has 1 atom stereocenters. The molecule has 0 aliphatic heterocycles. The standard InChI is InChI=1S/C18H27N3O6S/c1-12(2)10-19-18(24)13(3)27-17(23)11-21(5)28(25,26)16-8-6-15(7-9-16)20-14(4)22/h6-9,12-13H,10-11H2,1-5H3,(H,19,24)(H,20,22)/t13-/m0/s1. The van der Waals surface area contributed by atoms with E-state index in [-0.39, 0.29) is 16.7 Å². The van der Waals surface area contributed by atoms with Gasteiger partial charge in [-0.25, -0.2) is 8.42 Å². The van der Waals surface area contributed by atoms with Crippen LogP contribution in [0.3, 0.4) is 0 Å². The summed E-state index contributed by atoms with van der Waals surface area (Å²) in [5.74, 6) is -1.31. The number of ether oxygens (including phenoxy) is 1. The molecule has 1 aromatic rings. The second kappa shape index (κ2) is 10.2. The third kappa shape index (κ3) is 7.28. The number of carbonyl (C=O) groups excluding carboxylic acids is 3. The molecular weight excluding hydrogens is 386 g/mol. The van der Waals surface area contributed by atoms with Crippen molar-refractivity contribution >= 4 is 33.5 Å². The molecule has 28 heavy (non-hydrogen) atoms. The molecule has 0 fully saturated rings. The Kier molecular flexibility index (Phi) is 8.58. The third-order valence-corrected chi connectivity index (χ3v) is 5.41. The van der Waals surface area contributed by atoms with Crippen LogP contribution in [0.5, 0.6) is 0 Å². The number of amides is 2. The van der Waals surface area contributed by atoms with Crippen LogP contribution in [0.2, 0.25) is 0 Å². The Morgan fingerprint density at radius 3 is 2.18 bits per heavy atom. The number of rotatable bonds is 9. The van der Waals surface area contributed by atoms with E-state index in [0.29, 0.717) is 12.2 Å². The molecule has 10 heteroatoms. The molecule has 1 rings (SSSR count). The van der Waals surface area contributed by atoms with Crippen LogP contribution in [-0.4, -0.2) is 56.7 Å². The minimum atomic E-state index is -3.94. The van der Waals surface area contributed by atoms with Gasteiger partial charge in [-0.1, -0.05) is 13.8 Å². The minimum absolute atomic E-state index is 0.0420. The topological polar surface area (TPSA) is 122 Å². The lowest BCUT2D eigenvalue weighted by atomic mass is 10.2. The quantitative estimate of drug-likeness (QED) is 0.582. The Hall–Kier alpha value is -2.46. The number of hydrogen-bond donors (Lipinski definition) is 2. The van der Waals surface area contributed by atoms with Gasteiger partial charge in [-0.05, 0) is 37.1 Å². The average Bonchev–Trinajstić information content (AvgIpc) is 2.59. The molecule has 0 heterocycles. The molecule has 156 valence electrons. The average molecular weight is 413 g/mol. The summed E-state index contributed by atoms with van der Waals surface area (Å²) in [4.78, 5) is 34.8. The second-order valence-corrected chi connectivity index (χ2v) is 8.78. The van der Waals surface area contributed by atoms with E-state index in [0.717, 1.165) is 4.31 Å². The lowest BCUT2D eigenvalue weighted by molar-refractivity contribution is -0.154. The molecule has 2 N–H and O–H groups in total. The van der Waals surface area contributed by atoms with Gasteiger partial charge in [0.15, 0.2) is 6.10 Å². The van der Waals surface area contributed by atoms with E-state index in [9.17, 15) is 22.8 Å². The summed E-state index contributed by atoms with van der Waals surface area (Å²) in [6.45, 7) is 6.52. The highest BCUT2D eigenvalue weighted by molar-refractivity contribution is 7.89. The van der Waals surface area contributed by atoms with Crippen LogP contribution in [-0.2, 0) is 29.1 Å². The SMILES string of the molecule is CC(=O)Nc1ccc(S(=O)(=O)N(C)CC(=O)O[C@@H](C)C(=O)NCC(C)C)cc1. The lowest BCUT2D eigenvalue weighted by Gasteiger charge is -2.19. The van der Waals surface area contributed by atoms with Gasteiger partial charge in [0.25, 0.3) is 5.91 Å². The predicted octanol–water partition coefficient (Wildman–Crippen LogP) is 0.969. The Bertz CT molecular complexity index is 805. The Morgan fingerprint density at radius 1 is 1.11 bits per heavy atom. The zero-order chi connectivity index (χ0) is 21.5. The van der Waals surface area contributed by atoms with Crippen LogP contribution in [0.4, 0.5) is 5.69 Å². The molecular formula is C18H27N3O6S. The van der Waals surface area contributed by atoms with Gasteiger partial charge in [-0.3, -0.25) is 14.4 Å². The van der Waals surface area contributed by atoms with Crippen LogP contribution >= 0.6 is 0 Å². The number of benzene rings is 1. The van der Waals surface area contributed by atoms with Crippen molar-refractivity contribution in [2.75, 3.05) is 25.5 Å². The maximum Gasteiger partial charge on any atom is 0.322 e. The number of nitrogens with zero attached hydrogens (tertiary/aromatic N) is 1. The fourth-order valence-electron chi connectivity index (χ4n) is 2.10. The number of hydrogen-bond acceptors (Lipinski definition) is 6. The Labute approximate surface area is 165 Å². The molecule has 0 radical (unpaired) electrons. The maximum atomic E-state index is 12.5. The summed E-state index contributed by atoms with van der Waals surface area (Å²) in [5.41, 5.74) is 0.453. The van der Waals surface area contributed by atoms with Gasteiger partial charge in [0, 0.05) is 26.2 Å². The van der Waals surface area contributed by atoms with Crippen LogP contribution < -0.4 is 10.6 Å². The summed E-state index contributed by atoms with van der Waals surface area (Å²) < 4.78 is 30.9. The van der Waals surface area contributed by atoms with Crippen molar-refractivity contribution in [2.45, 2.75) is 38.7 Å².